The molecule has 0 aliphatic heterocycles. The number of rotatable bonds is 2. The molecule has 86 valence electrons. The topological polar surface area (TPSA) is 63.9 Å². The molecular weight excluding hydrogens is 234 g/mol. The Labute approximate surface area is 102 Å². The minimum Gasteiger partial charge on any atom is -0.496 e. The molecule has 0 saturated carbocycles. The van der Waals surface area contributed by atoms with Crippen molar-refractivity contribution >= 4 is 27.2 Å². The van der Waals surface area contributed by atoms with E-state index in [-0.39, 0.29) is 0 Å². The highest BCUT2D eigenvalue weighted by Crippen LogP contribution is 2.39. The van der Waals surface area contributed by atoms with Crippen LogP contribution in [0.5, 0.6) is 5.75 Å². The van der Waals surface area contributed by atoms with E-state index < -0.39 is 0 Å². The normalized spacial score (nSPS) is 10.9. The van der Waals surface area contributed by atoms with Gasteiger partial charge in [0.25, 0.3) is 0 Å². The Hall–Kier alpha value is -2.01. The third kappa shape index (κ3) is 1.55. The minimum absolute atomic E-state index is 0.703. The van der Waals surface area contributed by atoms with E-state index in [1.165, 1.54) is 11.3 Å². The SMILES string of the molecule is COc1ccc2[nH]ccc2c1-c1ncc(N)s1. The maximum atomic E-state index is 5.73. The number of nitrogens with zero attached hydrogens (tertiary/aromatic N) is 1. The van der Waals surface area contributed by atoms with Gasteiger partial charge in [-0.25, -0.2) is 4.98 Å². The van der Waals surface area contributed by atoms with E-state index in [1.807, 2.05) is 24.4 Å². The second kappa shape index (κ2) is 3.78. The maximum Gasteiger partial charge on any atom is 0.129 e. The smallest absolute Gasteiger partial charge is 0.129 e. The average Bonchev–Trinajstić information content (AvgIpc) is 2.95. The number of nitrogens with one attached hydrogen (secondary N) is 1. The first-order valence-electron chi connectivity index (χ1n) is 5.15. The highest BCUT2D eigenvalue weighted by molar-refractivity contribution is 7.18. The summed E-state index contributed by atoms with van der Waals surface area (Å²) in [6, 6.07) is 5.95. The van der Waals surface area contributed by atoms with Crippen molar-refractivity contribution in [2.45, 2.75) is 0 Å². The van der Waals surface area contributed by atoms with Gasteiger partial charge in [-0.15, -0.1) is 0 Å². The molecule has 0 atom stereocenters. The number of thiazole rings is 1. The molecule has 4 nitrogen and oxygen atoms in total. The van der Waals surface area contributed by atoms with Crippen LogP contribution in [0, 0.1) is 0 Å². The van der Waals surface area contributed by atoms with Crippen LogP contribution in [0.1, 0.15) is 0 Å². The van der Waals surface area contributed by atoms with Crippen LogP contribution in [0.15, 0.2) is 30.6 Å². The van der Waals surface area contributed by atoms with Crippen LogP contribution in [0.3, 0.4) is 0 Å². The molecule has 5 heteroatoms. The van der Waals surface area contributed by atoms with Gasteiger partial charge < -0.3 is 15.5 Å². The lowest BCUT2D eigenvalue weighted by atomic mass is 10.1. The first-order valence-corrected chi connectivity index (χ1v) is 5.97. The van der Waals surface area contributed by atoms with Crippen LogP contribution in [0.4, 0.5) is 5.00 Å². The highest BCUT2D eigenvalue weighted by Gasteiger charge is 2.14. The molecule has 0 radical (unpaired) electrons. The first kappa shape index (κ1) is 10.2. The summed E-state index contributed by atoms with van der Waals surface area (Å²) in [4.78, 5) is 7.50. The van der Waals surface area contributed by atoms with Crippen molar-refractivity contribution < 1.29 is 4.74 Å². The molecule has 3 aromatic rings. The number of H-pyrrole nitrogens is 1. The minimum atomic E-state index is 0.703. The zero-order chi connectivity index (χ0) is 11.8. The summed E-state index contributed by atoms with van der Waals surface area (Å²) in [7, 11) is 1.66. The zero-order valence-electron chi connectivity index (χ0n) is 9.23. The zero-order valence-corrected chi connectivity index (χ0v) is 10.0. The second-order valence-electron chi connectivity index (χ2n) is 3.65. The van der Waals surface area contributed by atoms with Crippen molar-refractivity contribution in [2.24, 2.45) is 0 Å². The number of fused-ring (bicyclic) bond motifs is 1. The molecule has 0 bridgehead atoms. The number of nitrogens with two attached hydrogens (primary N) is 1. The summed E-state index contributed by atoms with van der Waals surface area (Å²) in [5, 5.41) is 2.68. The molecule has 0 spiro atoms. The number of anilines is 1. The van der Waals surface area contributed by atoms with E-state index in [0.29, 0.717) is 5.00 Å². The van der Waals surface area contributed by atoms with E-state index in [1.54, 1.807) is 13.3 Å². The van der Waals surface area contributed by atoms with Gasteiger partial charge in [-0.2, -0.15) is 0 Å². The predicted molar refractivity (Wildman–Crippen MR) is 70.4 cm³/mol. The summed E-state index contributed by atoms with van der Waals surface area (Å²) in [5.41, 5.74) is 7.79. The fraction of sp³-hybridized carbons (Fsp3) is 0.0833. The van der Waals surface area contributed by atoms with Crippen molar-refractivity contribution in [3.05, 3.63) is 30.6 Å². The van der Waals surface area contributed by atoms with Gasteiger partial charge in [0.1, 0.15) is 15.8 Å². The number of methoxy groups -OCH3 is 1. The van der Waals surface area contributed by atoms with Gasteiger partial charge in [0, 0.05) is 17.1 Å². The van der Waals surface area contributed by atoms with Gasteiger partial charge in [0.05, 0.1) is 18.9 Å². The summed E-state index contributed by atoms with van der Waals surface area (Å²) in [6.45, 7) is 0. The molecule has 0 aliphatic carbocycles. The van der Waals surface area contributed by atoms with Gasteiger partial charge in [0.15, 0.2) is 0 Å². The van der Waals surface area contributed by atoms with Gasteiger partial charge in [0.2, 0.25) is 0 Å². The van der Waals surface area contributed by atoms with Crippen LogP contribution >= 0.6 is 11.3 Å². The van der Waals surface area contributed by atoms with Crippen LogP contribution < -0.4 is 10.5 Å². The van der Waals surface area contributed by atoms with E-state index >= 15 is 0 Å². The molecule has 0 fully saturated rings. The number of hydrogen-bond acceptors (Lipinski definition) is 4. The highest BCUT2D eigenvalue weighted by atomic mass is 32.1. The Morgan fingerprint density at radius 3 is 2.94 bits per heavy atom. The van der Waals surface area contributed by atoms with Crippen molar-refractivity contribution in [1.29, 1.82) is 0 Å². The number of ether oxygens (including phenoxy) is 1. The Bertz CT molecular complexity index is 671. The monoisotopic (exact) mass is 245 g/mol. The van der Waals surface area contributed by atoms with Crippen molar-refractivity contribution in [3.8, 4) is 16.3 Å². The lowest BCUT2D eigenvalue weighted by Gasteiger charge is -2.07. The fourth-order valence-corrected chi connectivity index (χ4v) is 2.65. The predicted octanol–water partition coefficient (Wildman–Crippen LogP) is 2.88. The third-order valence-electron chi connectivity index (χ3n) is 2.65. The quantitative estimate of drug-likeness (QED) is 0.729. The second-order valence-corrected chi connectivity index (χ2v) is 4.71. The van der Waals surface area contributed by atoms with Crippen molar-refractivity contribution in [2.75, 3.05) is 12.8 Å². The Morgan fingerprint density at radius 2 is 2.24 bits per heavy atom. The number of hydrogen-bond donors (Lipinski definition) is 2. The molecule has 0 saturated heterocycles. The van der Waals surface area contributed by atoms with Gasteiger partial charge in [-0.3, -0.25) is 0 Å². The largest absolute Gasteiger partial charge is 0.496 e. The summed E-state index contributed by atoms with van der Waals surface area (Å²) >= 11 is 1.46. The average molecular weight is 245 g/mol. The van der Waals surface area contributed by atoms with Gasteiger partial charge in [-0.1, -0.05) is 11.3 Å². The maximum absolute atomic E-state index is 5.73. The van der Waals surface area contributed by atoms with E-state index in [0.717, 1.165) is 27.2 Å². The fourth-order valence-electron chi connectivity index (χ4n) is 1.91. The molecule has 3 N–H and O–H groups in total. The van der Waals surface area contributed by atoms with Crippen LogP contribution in [-0.4, -0.2) is 17.1 Å². The first-order chi connectivity index (χ1) is 8.29. The molecule has 0 aliphatic rings. The summed E-state index contributed by atoms with van der Waals surface area (Å²) < 4.78 is 5.40. The number of benzene rings is 1. The lowest BCUT2D eigenvalue weighted by molar-refractivity contribution is 0.417. The molecule has 2 aromatic heterocycles. The van der Waals surface area contributed by atoms with E-state index in [9.17, 15) is 0 Å². The van der Waals surface area contributed by atoms with Gasteiger partial charge in [-0.05, 0) is 18.2 Å². The van der Waals surface area contributed by atoms with Crippen molar-refractivity contribution in [1.82, 2.24) is 9.97 Å². The van der Waals surface area contributed by atoms with Crippen LogP contribution in [0.2, 0.25) is 0 Å². The molecule has 0 amide bonds. The molecule has 0 unspecified atom stereocenters. The van der Waals surface area contributed by atoms with Crippen LogP contribution in [0.25, 0.3) is 21.5 Å². The number of nitrogen functional groups attached to an aromatic ring is 1. The van der Waals surface area contributed by atoms with E-state index in [4.69, 9.17) is 10.5 Å². The number of aromatic nitrogens is 2. The van der Waals surface area contributed by atoms with E-state index in [2.05, 4.69) is 9.97 Å². The third-order valence-corrected chi connectivity index (χ3v) is 3.50. The Balaban J connectivity index is 2.35. The van der Waals surface area contributed by atoms with Crippen LogP contribution in [-0.2, 0) is 0 Å². The Morgan fingerprint density at radius 1 is 1.35 bits per heavy atom. The molecule has 17 heavy (non-hydrogen) atoms. The number of aromatic amines is 1. The summed E-state index contributed by atoms with van der Waals surface area (Å²) in [5.74, 6) is 0.812. The Kier molecular flexibility index (Phi) is 2.26. The lowest BCUT2D eigenvalue weighted by Crippen LogP contribution is -1.88. The van der Waals surface area contributed by atoms with Crippen molar-refractivity contribution in [3.63, 3.8) is 0 Å². The standard InChI is InChI=1S/C12H11N3OS/c1-16-9-3-2-8-7(4-5-14-8)11(9)12-15-6-10(13)17-12/h2-6,14H,13H2,1H3. The molecular formula is C12H11N3OS. The molecule has 1 aromatic carbocycles. The summed E-state index contributed by atoms with van der Waals surface area (Å²) in [6.07, 6.45) is 3.58. The van der Waals surface area contributed by atoms with Gasteiger partial charge >= 0.3 is 0 Å². The molecule has 2 heterocycles. The molecule has 3 rings (SSSR count).